The fraction of sp³-hybridized carbons (Fsp3) is 0.647. The van der Waals surface area contributed by atoms with E-state index in [0.29, 0.717) is 12.6 Å². The molecule has 1 aromatic rings. The molecular weight excluding hydrogens is 282 g/mol. The summed E-state index contributed by atoms with van der Waals surface area (Å²) in [7, 11) is 2.21. The van der Waals surface area contributed by atoms with Gasteiger partial charge in [-0.1, -0.05) is 30.7 Å². The number of likely N-dealkylation sites (N-methyl/N-ethyl adjacent to an activating group) is 1. The highest BCUT2D eigenvalue weighted by Gasteiger charge is 2.38. The number of nitrogens with two attached hydrogens (primary N) is 1. The van der Waals surface area contributed by atoms with Crippen molar-refractivity contribution < 1.29 is 0 Å². The van der Waals surface area contributed by atoms with Crippen molar-refractivity contribution in [3.63, 3.8) is 0 Å². The van der Waals surface area contributed by atoms with Gasteiger partial charge in [-0.2, -0.15) is 0 Å². The van der Waals surface area contributed by atoms with E-state index >= 15 is 0 Å². The highest BCUT2D eigenvalue weighted by atomic mass is 35.5. The average molecular weight is 310 g/mol. The van der Waals surface area contributed by atoms with Crippen molar-refractivity contribution in [1.82, 2.24) is 9.80 Å². The number of benzene rings is 1. The molecule has 1 unspecified atom stereocenters. The Bertz CT molecular complexity index is 455. The molecule has 1 heterocycles. The molecule has 1 fully saturated rings. The van der Waals surface area contributed by atoms with Crippen molar-refractivity contribution in [2.45, 2.75) is 38.3 Å². The second-order valence-corrected chi connectivity index (χ2v) is 6.64. The molecular formula is C17H28ClN3. The van der Waals surface area contributed by atoms with Gasteiger partial charge in [-0.25, -0.2) is 0 Å². The van der Waals surface area contributed by atoms with Gasteiger partial charge in [-0.15, -0.1) is 0 Å². The van der Waals surface area contributed by atoms with Gasteiger partial charge in [0.05, 0.1) is 0 Å². The molecule has 0 bridgehead atoms. The Labute approximate surface area is 134 Å². The maximum atomic E-state index is 6.19. The number of likely N-dealkylation sites (tertiary alicyclic amines) is 1. The van der Waals surface area contributed by atoms with Gasteiger partial charge < -0.3 is 10.6 Å². The summed E-state index contributed by atoms with van der Waals surface area (Å²) in [4.78, 5) is 4.97. The number of hydrogen-bond acceptors (Lipinski definition) is 3. The molecule has 0 saturated carbocycles. The minimum absolute atomic E-state index is 0.105. The second kappa shape index (κ2) is 7.10. The van der Waals surface area contributed by atoms with E-state index in [0.717, 1.165) is 37.5 Å². The van der Waals surface area contributed by atoms with Crippen LogP contribution >= 0.6 is 11.6 Å². The zero-order chi connectivity index (χ0) is 15.5. The van der Waals surface area contributed by atoms with Crippen molar-refractivity contribution in [1.29, 1.82) is 0 Å². The summed E-state index contributed by atoms with van der Waals surface area (Å²) in [5.74, 6) is 0. The molecule has 0 aliphatic carbocycles. The van der Waals surface area contributed by atoms with Crippen LogP contribution in [-0.2, 0) is 0 Å². The molecule has 118 valence electrons. The number of nitrogens with zero attached hydrogens (tertiary/aromatic N) is 2. The van der Waals surface area contributed by atoms with Crippen molar-refractivity contribution in [2.75, 3.05) is 33.2 Å². The summed E-state index contributed by atoms with van der Waals surface area (Å²) in [6.45, 7) is 8.60. The number of hydrogen-bond donors (Lipinski definition) is 1. The number of halogens is 1. The molecule has 1 aliphatic rings. The van der Waals surface area contributed by atoms with Gasteiger partial charge in [0.1, 0.15) is 0 Å². The first-order chi connectivity index (χ1) is 10.0. The van der Waals surface area contributed by atoms with Crippen molar-refractivity contribution in [2.24, 2.45) is 5.73 Å². The lowest BCUT2D eigenvalue weighted by molar-refractivity contribution is 0.0219. The van der Waals surface area contributed by atoms with E-state index in [-0.39, 0.29) is 5.54 Å². The SMILES string of the molecule is CCN1CCC(CN)(N(C)C(C)c2cccc(Cl)c2)CC1. The summed E-state index contributed by atoms with van der Waals surface area (Å²) in [6, 6.07) is 8.49. The smallest absolute Gasteiger partial charge is 0.0409 e. The molecule has 3 nitrogen and oxygen atoms in total. The predicted octanol–water partition coefficient (Wildman–Crippen LogP) is 3.15. The molecule has 0 amide bonds. The van der Waals surface area contributed by atoms with Crippen molar-refractivity contribution in [3.8, 4) is 0 Å². The van der Waals surface area contributed by atoms with Crippen molar-refractivity contribution >= 4 is 11.6 Å². The quantitative estimate of drug-likeness (QED) is 0.907. The van der Waals surface area contributed by atoms with Gasteiger partial charge in [0, 0.05) is 23.1 Å². The van der Waals surface area contributed by atoms with Gasteiger partial charge in [-0.05, 0) is 64.1 Å². The van der Waals surface area contributed by atoms with Crippen LogP contribution < -0.4 is 5.73 Å². The van der Waals surface area contributed by atoms with Gasteiger partial charge in [-0.3, -0.25) is 4.90 Å². The van der Waals surface area contributed by atoms with Crippen LogP contribution in [0.5, 0.6) is 0 Å². The summed E-state index contributed by atoms with van der Waals surface area (Å²) in [5, 5.41) is 0.801. The normalized spacial score (nSPS) is 20.7. The molecule has 1 aliphatic heterocycles. The van der Waals surface area contributed by atoms with Crippen LogP contribution in [0.2, 0.25) is 5.02 Å². The fourth-order valence-corrected chi connectivity index (χ4v) is 3.59. The second-order valence-electron chi connectivity index (χ2n) is 6.20. The van der Waals surface area contributed by atoms with Crippen LogP contribution in [0.25, 0.3) is 0 Å². The Hall–Kier alpha value is -0.610. The average Bonchev–Trinajstić information content (AvgIpc) is 2.53. The molecule has 1 atom stereocenters. The first kappa shape index (κ1) is 16.8. The van der Waals surface area contributed by atoms with E-state index in [4.69, 9.17) is 17.3 Å². The lowest BCUT2D eigenvalue weighted by atomic mass is 9.84. The third-order valence-corrected chi connectivity index (χ3v) is 5.51. The van der Waals surface area contributed by atoms with E-state index in [1.54, 1.807) is 0 Å². The van der Waals surface area contributed by atoms with E-state index < -0.39 is 0 Å². The van der Waals surface area contributed by atoms with E-state index in [1.165, 1.54) is 5.56 Å². The van der Waals surface area contributed by atoms with Gasteiger partial charge in [0.2, 0.25) is 0 Å². The highest BCUT2D eigenvalue weighted by Crippen LogP contribution is 2.34. The van der Waals surface area contributed by atoms with E-state index in [9.17, 15) is 0 Å². The van der Waals surface area contributed by atoms with Crippen LogP contribution in [0.1, 0.15) is 38.3 Å². The molecule has 4 heteroatoms. The van der Waals surface area contributed by atoms with Gasteiger partial charge >= 0.3 is 0 Å². The van der Waals surface area contributed by atoms with Gasteiger partial charge in [0.15, 0.2) is 0 Å². The lowest BCUT2D eigenvalue weighted by Gasteiger charge is -2.49. The standard InChI is InChI=1S/C17H28ClN3/c1-4-21-10-8-17(13-19,9-11-21)20(3)14(2)15-6-5-7-16(18)12-15/h5-7,12,14H,4,8-11,13,19H2,1-3H3. The number of piperidine rings is 1. The predicted molar refractivity (Wildman–Crippen MR) is 90.8 cm³/mol. The minimum atomic E-state index is 0.105. The molecule has 0 spiro atoms. The Morgan fingerprint density at radius 1 is 1.38 bits per heavy atom. The molecule has 2 rings (SSSR count). The molecule has 21 heavy (non-hydrogen) atoms. The topological polar surface area (TPSA) is 32.5 Å². The largest absolute Gasteiger partial charge is 0.329 e. The van der Waals surface area contributed by atoms with Crippen LogP contribution in [0, 0.1) is 0 Å². The van der Waals surface area contributed by atoms with Crippen LogP contribution in [0.3, 0.4) is 0 Å². The third-order valence-electron chi connectivity index (χ3n) is 5.27. The zero-order valence-electron chi connectivity index (χ0n) is 13.5. The number of rotatable bonds is 5. The first-order valence-electron chi connectivity index (χ1n) is 7.93. The molecule has 2 N–H and O–H groups in total. The molecule has 0 aromatic heterocycles. The zero-order valence-corrected chi connectivity index (χ0v) is 14.2. The Morgan fingerprint density at radius 2 is 2.05 bits per heavy atom. The molecule has 0 radical (unpaired) electrons. The Kier molecular flexibility index (Phi) is 5.67. The summed E-state index contributed by atoms with van der Waals surface area (Å²) in [6.07, 6.45) is 2.28. The van der Waals surface area contributed by atoms with E-state index in [2.05, 4.69) is 42.8 Å². The van der Waals surface area contributed by atoms with Crippen LogP contribution in [0.4, 0.5) is 0 Å². The Balaban J connectivity index is 2.14. The van der Waals surface area contributed by atoms with Crippen LogP contribution in [0.15, 0.2) is 24.3 Å². The summed E-state index contributed by atoms with van der Waals surface area (Å²) in [5.41, 5.74) is 7.55. The van der Waals surface area contributed by atoms with Crippen molar-refractivity contribution in [3.05, 3.63) is 34.9 Å². The lowest BCUT2D eigenvalue weighted by Crippen LogP contribution is -2.58. The Morgan fingerprint density at radius 3 is 2.57 bits per heavy atom. The fourth-order valence-electron chi connectivity index (χ4n) is 3.39. The monoisotopic (exact) mass is 309 g/mol. The minimum Gasteiger partial charge on any atom is -0.329 e. The van der Waals surface area contributed by atoms with E-state index in [1.807, 2.05) is 12.1 Å². The maximum Gasteiger partial charge on any atom is 0.0409 e. The summed E-state index contributed by atoms with van der Waals surface area (Å²) < 4.78 is 0. The maximum absolute atomic E-state index is 6.19. The third kappa shape index (κ3) is 3.59. The molecule has 1 saturated heterocycles. The van der Waals surface area contributed by atoms with Crippen LogP contribution in [-0.4, -0.2) is 48.6 Å². The highest BCUT2D eigenvalue weighted by molar-refractivity contribution is 6.30. The first-order valence-corrected chi connectivity index (χ1v) is 8.31. The summed E-state index contributed by atoms with van der Waals surface area (Å²) >= 11 is 6.14. The van der Waals surface area contributed by atoms with Gasteiger partial charge in [0.25, 0.3) is 0 Å². The molecule has 1 aromatic carbocycles.